The summed E-state index contributed by atoms with van der Waals surface area (Å²) >= 11 is 13.3. The van der Waals surface area contributed by atoms with Gasteiger partial charge in [0.15, 0.2) is 0 Å². The number of hydrogen-bond donors (Lipinski definition) is 0. The molecule has 0 amide bonds. The van der Waals surface area contributed by atoms with Gasteiger partial charge in [0.25, 0.3) is 0 Å². The maximum absolute atomic E-state index is 5.80. The number of alkyl halides is 2. The minimum Gasteiger partial charge on any atom is -0.260 e. The summed E-state index contributed by atoms with van der Waals surface area (Å²) in [6.45, 7) is 2.08. The minimum absolute atomic E-state index is 0. The van der Waals surface area contributed by atoms with Crippen LogP contribution in [-0.2, 0) is 5.88 Å². The molecule has 0 saturated carbocycles. The van der Waals surface area contributed by atoms with Crippen LogP contribution in [-0.4, -0.2) is 16.6 Å². The molecule has 0 aliphatic rings. The van der Waals surface area contributed by atoms with Crippen LogP contribution in [0.25, 0.3) is 0 Å². The van der Waals surface area contributed by atoms with Crippen molar-refractivity contribution in [2.24, 2.45) is 0 Å². The molecule has 0 spiro atoms. The van der Waals surface area contributed by atoms with Crippen LogP contribution in [0.1, 0.15) is 24.1 Å². The third-order valence-electron chi connectivity index (χ3n) is 2.17. The van der Waals surface area contributed by atoms with Crippen molar-refractivity contribution in [2.75, 3.05) is 11.6 Å². The summed E-state index contributed by atoms with van der Waals surface area (Å²) in [5, 5.41) is 0. The molecule has 1 nitrogen and oxygen atoms in total. The Balaban J connectivity index is 0.00000225. The standard InChI is InChI=1S/C11H15Cl2NS.ClH/c1-9-10(8-13)14-6-4-11(9)15-7-3-2-5-12;/h4,6H,2-3,5,7-8H2,1H3;1H. The van der Waals surface area contributed by atoms with E-state index < -0.39 is 0 Å². The van der Waals surface area contributed by atoms with Gasteiger partial charge in [0, 0.05) is 17.0 Å². The Labute approximate surface area is 118 Å². The van der Waals surface area contributed by atoms with Gasteiger partial charge >= 0.3 is 0 Å². The van der Waals surface area contributed by atoms with E-state index in [-0.39, 0.29) is 12.4 Å². The largest absolute Gasteiger partial charge is 0.260 e. The van der Waals surface area contributed by atoms with E-state index >= 15 is 0 Å². The van der Waals surface area contributed by atoms with Crippen molar-refractivity contribution < 1.29 is 0 Å². The van der Waals surface area contributed by atoms with E-state index in [4.69, 9.17) is 23.2 Å². The molecule has 0 fully saturated rings. The summed E-state index contributed by atoms with van der Waals surface area (Å²) in [5.41, 5.74) is 2.20. The smallest absolute Gasteiger partial charge is 0.0650 e. The highest BCUT2D eigenvalue weighted by Crippen LogP contribution is 2.25. The fraction of sp³-hybridized carbons (Fsp3) is 0.545. The number of halogens is 3. The van der Waals surface area contributed by atoms with Crippen LogP contribution < -0.4 is 0 Å². The monoisotopic (exact) mass is 299 g/mol. The van der Waals surface area contributed by atoms with Gasteiger partial charge in [-0.15, -0.1) is 47.4 Å². The Morgan fingerprint density at radius 1 is 1.31 bits per heavy atom. The summed E-state index contributed by atoms with van der Waals surface area (Å²) in [6, 6.07) is 2.05. The number of thioether (sulfide) groups is 1. The first-order valence-electron chi connectivity index (χ1n) is 4.98. The van der Waals surface area contributed by atoms with Crippen LogP contribution in [0.5, 0.6) is 0 Å². The molecule has 0 atom stereocenters. The lowest BCUT2D eigenvalue weighted by Crippen LogP contribution is -1.93. The van der Waals surface area contributed by atoms with Gasteiger partial charge in [0.05, 0.1) is 11.6 Å². The zero-order valence-electron chi connectivity index (χ0n) is 9.21. The van der Waals surface area contributed by atoms with Gasteiger partial charge in [-0.1, -0.05) is 0 Å². The van der Waals surface area contributed by atoms with E-state index in [9.17, 15) is 0 Å². The van der Waals surface area contributed by atoms with E-state index in [1.54, 1.807) is 0 Å². The van der Waals surface area contributed by atoms with Crippen molar-refractivity contribution >= 4 is 47.4 Å². The van der Waals surface area contributed by atoms with Crippen LogP contribution in [0.3, 0.4) is 0 Å². The molecule has 0 N–H and O–H groups in total. The second-order valence-electron chi connectivity index (χ2n) is 3.26. The highest BCUT2D eigenvalue weighted by atomic mass is 35.5. The molecule has 1 heterocycles. The molecule has 0 saturated heterocycles. The van der Waals surface area contributed by atoms with Crippen molar-refractivity contribution in [3.05, 3.63) is 23.5 Å². The van der Waals surface area contributed by atoms with E-state index in [2.05, 4.69) is 18.0 Å². The molecule has 0 unspecified atom stereocenters. The van der Waals surface area contributed by atoms with Gasteiger partial charge in [0.1, 0.15) is 0 Å². The summed E-state index contributed by atoms with van der Waals surface area (Å²) in [5.74, 6) is 2.35. The third kappa shape index (κ3) is 5.13. The first-order valence-corrected chi connectivity index (χ1v) is 7.04. The summed E-state index contributed by atoms with van der Waals surface area (Å²) < 4.78 is 0. The quantitative estimate of drug-likeness (QED) is 0.430. The molecule has 1 rings (SSSR count). The molecule has 0 aliphatic carbocycles. The normalized spacial score (nSPS) is 9.94. The van der Waals surface area contributed by atoms with Gasteiger partial charge in [-0.2, -0.15) is 0 Å². The van der Waals surface area contributed by atoms with E-state index in [0.717, 1.165) is 30.2 Å². The molecule has 16 heavy (non-hydrogen) atoms. The number of rotatable bonds is 6. The molecule has 0 radical (unpaired) electrons. The third-order valence-corrected chi connectivity index (χ3v) is 3.94. The highest BCUT2D eigenvalue weighted by Gasteiger charge is 2.04. The average molecular weight is 301 g/mol. The Hall–Kier alpha value is 0.370. The maximum atomic E-state index is 5.80. The Bertz CT molecular complexity index is 307. The van der Waals surface area contributed by atoms with E-state index in [1.807, 2.05) is 18.0 Å². The number of nitrogens with zero attached hydrogens (tertiary/aromatic N) is 1. The molecule has 0 aromatic carbocycles. The Kier molecular flexibility index (Phi) is 9.62. The van der Waals surface area contributed by atoms with E-state index in [0.29, 0.717) is 5.88 Å². The molecule has 92 valence electrons. The summed E-state index contributed by atoms with van der Waals surface area (Å²) in [4.78, 5) is 5.52. The highest BCUT2D eigenvalue weighted by molar-refractivity contribution is 7.99. The fourth-order valence-electron chi connectivity index (χ4n) is 1.23. The van der Waals surface area contributed by atoms with Crippen molar-refractivity contribution in [3.8, 4) is 0 Å². The van der Waals surface area contributed by atoms with Gasteiger partial charge < -0.3 is 0 Å². The SMILES string of the molecule is Cc1c(SCCCCCl)ccnc1CCl.Cl. The lowest BCUT2D eigenvalue weighted by atomic mass is 10.2. The average Bonchev–Trinajstić information content (AvgIpc) is 2.26. The fourth-order valence-corrected chi connectivity index (χ4v) is 2.75. The Morgan fingerprint density at radius 2 is 2.06 bits per heavy atom. The Morgan fingerprint density at radius 3 is 2.69 bits per heavy atom. The van der Waals surface area contributed by atoms with Gasteiger partial charge in [-0.25, -0.2) is 0 Å². The van der Waals surface area contributed by atoms with Gasteiger partial charge in [0.2, 0.25) is 0 Å². The first-order chi connectivity index (χ1) is 7.29. The molecule has 0 aliphatic heterocycles. The molecular weight excluding hydrogens is 285 g/mol. The number of aromatic nitrogens is 1. The van der Waals surface area contributed by atoms with Crippen LogP contribution in [0, 0.1) is 6.92 Å². The van der Waals surface area contributed by atoms with Crippen LogP contribution in [0.2, 0.25) is 0 Å². The van der Waals surface area contributed by atoms with Crippen molar-refractivity contribution in [3.63, 3.8) is 0 Å². The molecule has 0 bridgehead atoms. The van der Waals surface area contributed by atoms with Gasteiger partial charge in [-0.05, 0) is 37.1 Å². The van der Waals surface area contributed by atoms with Crippen molar-refractivity contribution in [2.45, 2.75) is 30.5 Å². The van der Waals surface area contributed by atoms with Crippen molar-refractivity contribution in [1.82, 2.24) is 4.98 Å². The molecule has 5 heteroatoms. The minimum atomic E-state index is 0. The van der Waals surface area contributed by atoms with Crippen molar-refractivity contribution in [1.29, 1.82) is 0 Å². The number of unbranched alkanes of at least 4 members (excludes halogenated alkanes) is 1. The second kappa shape index (κ2) is 9.41. The zero-order chi connectivity index (χ0) is 11.1. The van der Waals surface area contributed by atoms with Crippen LogP contribution in [0.4, 0.5) is 0 Å². The summed E-state index contributed by atoms with van der Waals surface area (Å²) in [6.07, 6.45) is 4.07. The van der Waals surface area contributed by atoms with E-state index in [1.165, 1.54) is 10.5 Å². The topological polar surface area (TPSA) is 12.9 Å². The first kappa shape index (κ1) is 16.4. The lowest BCUT2D eigenvalue weighted by Gasteiger charge is -2.07. The molecular formula is C11H16Cl3NS. The van der Waals surface area contributed by atoms with Gasteiger partial charge in [-0.3, -0.25) is 4.98 Å². The summed E-state index contributed by atoms with van der Waals surface area (Å²) in [7, 11) is 0. The number of pyridine rings is 1. The molecule has 1 aromatic rings. The zero-order valence-corrected chi connectivity index (χ0v) is 12.4. The second-order valence-corrected chi connectivity index (χ2v) is 5.04. The van der Waals surface area contributed by atoms with Crippen LogP contribution >= 0.6 is 47.4 Å². The predicted octanol–water partition coefficient (Wildman–Crippen LogP) is 4.66. The maximum Gasteiger partial charge on any atom is 0.0650 e. The lowest BCUT2D eigenvalue weighted by molar-refractivity contribution is 0.902. The number of hydrogen-bond acceptors (Lipinski definition) is 2. The predicted molar refractivity (Wildman–Crippen MR) is 76.5 cm³/mol. The molecule has 1 aromatic heterocycles. The van der Waals surface area contributed by atoms with Crippen LogP contribution in [0.15, 0.2) is 17.2 Å².